The number of aliphatic hydroxyl groups is 1. The summed E-state index contributed by atoms with van der Waals surface area (Å²) in [4.78, 5) is 0. The molecular weight excluding hydrogens is 365 g/mol. The van der Waals surface area contributed by atoms with E-state index in [-0.39, 0.29) is 16.1 Å². The van der Waals surface area contributed by atoms with Crippen molar-refractivity contribution >= 4 is 11.6 Å². The van der Waals surface area contributed by atoms with Gasteiger partial charge in [-0.25, -0.2) is 0 Å². The molecule has 0 spiro atoms. The Hall–Kier alpha value is -1.72. The van der Waals surface area contributed by atoms with Gasteiger partial charge in [0.15, 0.2) is 0 Å². The van der Waals surface area contributed by atoms with Crippen molar-refractivity contribution in [3.8, 4) is 16.9 Å². The molecule has 0 amide bonds. The van der Waals surface area contributed by atoms with E-state index in [0.717, 1.165) is 0 Å². The van der Waals surface area contributed by atoms with E-state index in [1.165, 1.54) is 12.1 Å². The lowest BCUT2D eigenvalue weighted by Gasteiger charge is -2.19. The van der Waals surface area contributed by atoms with Crippen molar-refractivity contribution < 1.29 is 23.0 Å². The molecule has 3 rings (SSSR count). The minimum absolute atomic E-state index is 0.128. The molecule has 6 heteroatoms. The molecule has 1 N–H and O–H groups in total. The minimum Gasteiger partial charge on any atom is -0.494 e. The number of ether oxygens (including phenoxy) is 1. The summed E-state index contributed by atoms with van der Waals surface area (Å²) >= 11 is 6.32. The van der Waals surface area contributed by atoms with Crippen LogP contribution < -0.4 is 4.74 Å². The van der Waals surface area contributed by atoms with Crippen molar-refractivity contribution in [2.75, 3.05) is 6.61 Å². The van der Waals surface area contributed by atoms with Gasteiger partial charge in [-0.2, -0.15) is 13.2 Å². The van der Waals surface area contributed by atoms with Crippen molar-refractivity contribution in [2.45, 2.75) is 44.4 Å². The molecule has 26 heavy (non-hydrogen) atoms. The number of hydrogen-bond acceptors (Lipinski definition) is 2. The van der Waals surface area contributed by atoms with E-state index in [2.05, 4.69) is 0 Å². The second-order valence-corrected chi connectivity index (χ2v) is 7.60. The first-order valence-electron chi connectivity index (χ1n) is 8.42. The predicted octanol–water partition coefficient (Wildman–Crippen LogP) is 5.94. The number of halogens is 4. The highest BCUT2D eigenvalue weighted by Crippen LogP contribution is 2.54. The van der Waals surface area contributed by atoms with Crippen LogP contribution in [0.2, 0.25) is 5.02 Å². The van der Waals surface area contributed by atoms with Crippen molar-refractivity contribution in [1.82, 2.24) is 0 Å². The number of fused-ring (bicyclic) bond motifs is 3. The Kier molecular flexibility index (Phi) is 4.97. The van der Waals surface area contributed by atoms with E-state index in [9.17, 15) is 18.3 Å². The monoisotopic (exact) mass is 384 g/mol. The fourth-order valence-electron chi connectivity index (χ4n) is 3.39. The molecule has 140 valence electrons. The third-order valence-corrected chi connectivity index (χ3v) is 4.77. The van der Waals surface area contributed by atoms with Gasteiger partial charge in [-0.15, -0.1) is 0 Å². The highest BCUT2D eigenvalue weighted by molar-refractivity contribution is 6.34. The van der Waals surface area contributed by atoms with Gasteiger partial charge in [-0.1, -0.05) is 35.9 Å². The van der Waals surface area contributed by atoms with Gasteiger partial charge in [0, 0.05) is 5.56 Å². The molecule has 0 heterocycles. The molecule has 1 aliphatic carbocycles. The van der Waals surface area contributed by atoms with E-state index >= 15 is 0 Å². The summed E-state index contributed by atoms with van der Waals surface area (Å²) in [5.41, 5.74) is 0.485. The summed E-state index contributed by atoms with van der Waals surface area (Å²) in [6, 6.07) is 9.46. The Balaban J connectivity index is 1.91. The van der Waals surface area contributed by atoms with Gasteiger partial charge in [0.25, 0.3) is 0 Å². The first-order valence-corrected chi connectivity index (χ1v) is 8.80. The van der Waals surface area contributed by atoms with Gasteiger partial charge < -0.3 is 9.84 Å². The first-order chi connectivity index (χ1) is 12.1. The average Bonchev–Trinajstić information content (AvgIpc) is 2.85. The van der Waals surface area contributed by atoms with Crippen molar-refractivity contribution in [3.05, 3.63) is 52.5 Å². The predicted molar refractivity (Wildman–Crippen MR) is 95.8 cm³/mol. The first kappa shape index (κ1) is 19.1. The number of benzene rings is 2. The van der Waals surface area contributed by atoms with Crippen LogP contribution in [0, 0.1) is 0 Å². The summed E-state index contributed by atoms with van der Waals surface area (Å²) in [6.07, 6.45) is -3.30. The molecule has 0 saturated heterocycles. The van der Waals surface area contributed by atoms with Gasteiger partial charge in [0.1, 0.15) is 11.7 Å². The highest BCUT2D eigenvalue weighted by atomic mass is 35.5. The molecule has 1 aliphatic rings. The molecule has 0 aromatic heterocycles. The third-order valence-electron chi connectivity index (χ3n) is 4.48. The number of rotatable bonds is 5. The summed E-state index contributed by atoms with van der Waals surface area (Å²) in [5, 5.41) is 9.96. The summed E-state index contributed by atoms with van der Waals surface area (Å²) in [7, 11) is 0. The number of hydrogen-bond donors (Lipinski definition) is 1. The maximum absolute atomic E-state index is 13.7. The topological polar surface area (TPSA) is 29.5 Å². The second kappa shape index (κ2) is 6.78. The zero-order valence-corrected chi connectivity index (χ0v) is 15.3. The Labute approximate surface area is 155 Å². The van der Waals surface area contributed by atoms with Crippen LogP contribution >= 0.6 is 11.6 Å². The number of alkyl halides is 3. The van der Waals surface area contributed by atoms with Crippen LogP contribution in [0.3, 0.4) is 0 Å². The van der Waals surface area contributed by atoms with Crippen molar-refractivity contribution in [3.63, 3.8) is 0 Å². The lowest BCUT2D eigenvalue weighted by molar-refractivity contribution is -0.140. The average molecular weight is 385 g/mol. The minimum atomic E-state index is -4.41. The highest BCUT2D eigenvalue weighted by Gasteiger charge is 2.48. The van der Waals surface area contributed by atoms with E-state index in [4.69, 9.17) is 16.3 Å². The molecule has 0 radical (unpaired) electrons. The van der Waals surface area contributed by atoms with Crippen LogP contribution in [0.25, 0.3) is 11.1 Å². The van der Waals surface area contributed by atoms with Gasteiger partial charge >= 0.3 is 6.18 Å². The van der Waals surface area contributed by atoms with Gasteiger partial charge in [0.05, 0.1) is 17.2 Å². The van der Waals surface area contributed by atoms with Crippen LogP contribution in [-0.4, -0.2) is 23.5 Å². The Bertz CT molecular complexity index is 810. The van der Waals surface area contributed by atoms with Gasteiger partial charge in [-0.3, -0.25) is 0 Å². The maximum atomic E-state index is 13.7. The van der Waals surface area contributed by atoms with Gasteiger partial charge in [-0.05, 0) is 55.5 Å². The molecule has 0 fully saturated rings. The standard InChI is InChI=1S/C20H20ClF3O2/c1-19(2,25)8-5-9-26-12-10-15-17(16(21)11-12)13-6-3-4-7-14(13)18(15)20(22,23)24/h3-4,6-7,10-11,18,25H,5,8-9H2,1-2H3/t18-/m1/s1. The van der Waals surface area contributed by atoms with Crippen LogP contribution in [0.15, 0.2) is 36.4 Å². The molecule has 0 unspecified atom stereocenters. The van der Waals surface area contributed by atoms with Crippen LogP contribution in [0.4, 0.5) is 13.2 Å². The van der Waals surface area contributed by atoms with Gasteiger partial charge in [0.2, 0.25) is 0 Å². The van der Waals surface area contributed by atoms with Crippen LogP contribution in [-0.2, 0) is 0 Å². The molecular formula is C20H20ClF3O2. The zero-order chi connectivity index (χ0) is 19.1. The third kappa shape index (κ3) is 3.84. The lowest BCUT2D eigenvalue weighted by Crippen LogP contribution is -2.20. The zero-order valence-electron chi connectivity index (χ0n) is 14.5. The lowest BCUT2D eigenvalue weighted by atomic mass is 9.96. The van der Waals surface area contributed by atoms with E-state index in [1.54, 1.807) is 38.1 Å². The molecule has 2 aromatic carbocycles. The maximum Gasteiger partial charge on any atom is 0.399 e. The Morgan fingerprint density at radius 3 is 2.46 bits per heavy atom. The van der Waals surface area contributed by atoms with E-state index in [1.807, 2.05) is 0 Å². The molecule has 1 atom stereocenters. The smallest absolute Gasteiger partial charge is 0.399 e. The largest absolute Gasteiger partial charge is 0.494 e. The second-order valence-electron chi connectivity index (χ2n) is 7.20. The van der Waals surface area contributed by atoms with Crippen LogP contribution in [0.5, 0.6) is 5.75 Å². The molecule has 0 bridgehead atoms. The molecule has 2 aromatic rings. The van der Waals surface area contributed by atoms with Crippen molar-refractivity contribution in [2.24, 2.45) is 0 Å². The fourth-order valence-corrected chi connectivity index (χ4v) is 3.71. The van der Waals surface area contributed by atoms with Crippen molar-refractivity contribution in [1.29, 1.82) is 0 Å². The Morgan fingerprint density at radius 1 is 1.12 bits per heavy atom. The quantitative estimate of drug-likeness (QED) is 0.646. The summed E-state index contributed by atoms with van der Waals surface area (Å²) in [6.45, 7) is 3.69. The van der Waals surface area contributed by atoms with Crippen LogP contribution in [0.1, 0.15) is 43.7 Å². The molecule has 2 nitrogen and oxygen atoms in total. The summed E-state index contributed by atoms with van der Waals surface area (Å²) < 4.78 is 46.7. The normalized spacial score (nSPS) is 16.3. The van der Waals surface area contributed by atoms with E-state index < -0.39 is 17.7 Å². The summed E-state index contributed by atoms with van der Waals surface area (Å²) in [5.74, 6) is -1.39. The SMILES string of the molecule is CC(C)(O)CCCOc1cc(Cl)c2c(c1)[C@H](C(F)(F)F)c1ccccc1-2. The molecule has 0 saturated carbocycles. The molecule has 0 aliphatic heterocycles. The fraction of sp³-hybridized carbons (Fsp3) is 0.400. The Morgan fingerprint density at radius 2 is 1.81 bits per heavy atom. The van der Waals surface area contributed by atoms with E-state index in [0.29, 0.717) is 36.3 Å².